The monoisotopic (exact) mass is 746 g/mol. The van der Waals surface area contributed by atoms with Crippen LogP contribution in [0.4, 0.5) is 0 Å². The molecule has 2 unspecified atom stereocenters. The smallest absolute Gasteiger partial charge is 0.512 e. The standard InChI is InChI=1S/C23H29NO.C12H17NO.C11H12O.CN.B.Na/c1-3-10-21(11-4-1)23(14-8-15-23)19-24-16-7-9-20(17-24)18-25-22-12-5-2-6-13-22;1-2-6-12(7-3-1)14-10-11-5-4-8-13-9-11;12-9-11(7-4-8-11)10-5-2-1-3-6-10;1-2;;/h1-6,10-13,20H,7-9,14-19H2;1-3,6-7,11,13H,4-5,8-10H2;1-3,5-6,9H,4,7-8H2;;;/q;;;-1;;+1. The number of carbonyl (C=O) groups is 1. The molecule has 0 aromatic heterocycles. The molecule has 0 bridgehead atoms. The minimum atomic E-state index is -0.124. The third kappa shape index (κ3) is 14.0. The van der Waals surface area contributed by atoms with Crippen LogP contribution in [0.15, 0.2) is 121 Å². The number of nitrogens with one attached hydrogen (secondary N) is 1. The van der Waals surface area contributed by atoms with Crippen molar-refractivity contribution >= 4 is 14.7 Å². The van der Waals surface area contributed by atoms with Gasteiger partial charge in [0.1, 0.15) is 17.8 Å². The van der Waals surface area contributed by atoms with Crippen LogP contribution in [0.2, 0.25) is 0 Å². The first kappa shape index (κ1) is 46.0. The van der Waals surface area contributed by atoms with Crippen LogP contribution in [-0.4, -0.2) is 65.5 Å². The molecule has 2 atom stereocenters. The molecule has 55 heavy (non-hydrogen) atoms. The largest absolute Gasteiger partial charge is 1.00 e. The van der Waals surface area contributed by atoms with E-state index < -0.39 is 0 Å². The Morgan fingerprint density at radius 2 is 1.16 bits per heavy atom. The third-order valence-electron chi connectivity index (χ3n) is 11.5. The van der Waals surface area contributed by atoms with Crippen LogP contribution in [0, 0.1) is 23.7 Å². The van der Waals surface area contributed by atoms with Gasteiger partial charge in [-0.05, 0) is 99.8 Å². The number of carbonyl (C=O) groups excluding carboxylic acids is 1. The van der Waals surface area contributed by atoms with Gasteiger partial charge < -0.3 is 36.3 Å². The van der Waals surface area contributed by atoms with Gasteiger partial charge in [-0.3, -0.25) is 0 Å². The van der Waals surface area contributed by atoms with E-state index in [0.29, 0.717) is 17.3 Å². The van der Waals surface area contributed by atoms with E-state index in [9.17, 15) is 4.79 Å². The molecule has 8 heteroatoms. The quantitative estimate of drug-likeness (QED) is 0.116. The average Bonchev–Trinajstić information content (AvgIpc) is 3.21. The number of ether oxygens (including phenoxy) is 2. The van der Waals surface area contributed by atoms with E-state index in [1.807, 2.05) is 78.9 Å². The van der Waals surface area contributed by atoms with E-state index in [2.05, 4.69) is 52.7 Å². The van der Waals surface area contributed by atoms with E-state index in [1.165, 1.54) is 83.1 Å². The summed E-state index contributed by atoms with van der Waals surface area (Å²) in [7, 11) is 0. The summed E-state index contributed by atoms with van der Waals surface area (Å²) >= 11 is 0. The van der Waals surface area contributed by atoms with Crippen LogP contribution in [0.3, 0.4) is 0 Å². The summed E-state index contributed by atoms with van der Waals surface area (Å²) in [5, 5.41) is 9.64. The molecule has 0 amide bonds. The molecule has 0 spiro atoms. The predicted molar refractivity (Wildman–Crippen MR) is 219 cm³/mol. The number of benzene rings is 4. The van der Waals surface area contributed by atoms with Gasteiger partial charge in [0, 0.05) is 45.3 Å². The maximum Gasteiger partial charge on any atom is 1.00 e. The first-order valence-electron chi connectivity index (χ1n) is 19.7. The van der Waals surface area contributed by atoms with Gasteiger partial charge in [0.05, 0.1) is 18.6 Å². The van der Waals surface area contributed by atoms with Gasteiger partial charge in [0.15, 0.2) is 0 Å². The van der Waals surface area contributed by atoms with Crippen molar-refractivity contribution in [2.24, 2.45) is 11.8 Å². The van der Waals surface area contributed by atoms with Crippen LogP contribution < -0.4 is 44.3 Å². The molecule has 1 N–H and O–H groups in total. The Bertz CT molecular complexity index is 1600. The summed E-state index contributed by atoms with van der Waals surface area (Å²) in [6.45, 7) is 12.4. The number of hydrogen-bond acceptors (Lipinski definition) is 6. The molecule has 2 saturated heterocycles. The van der Waals surface area contributed by atoms with Crippen molar-refractivity contribution in [1.29, 1.82) is 5.26 Å². The summed E-state index contributed by atoms with van der Waals surface area (Å²) in [6, 6.07) is 41.6. The zero-order valence-corrected chi connectivity index (χ0v) is 35.0. The van der Waals surface area contributed by atoms with Crippen molar-refractivity contribution in [1.82, 2.24) is 10.2 Å². The number of nitrogens with zero attached hydrogens (tertiary/aromatic N) is 2. The fourth-order valence-electron chi connectivity index (χ4n) is 8.12. The van der Waals surface area contributed by atoms with Crippen molar-refractivity contribution in [3.8, 4) is 11.5 Å². The van der Waals surface area contributed by atoms with Gasteiger partial charge >= 0.3 is 29.6 Å². The number of piperidine rings is 2. The first-order valence-corrected chi connectivity index (χ1v) is 19.7. The molecule has 283 valence electrons. The number of likely N-dealkylation sites (tertiary alicyclic amines) is 1. The Kier molecular flexibility index (Phi) is 20.9. The fourth-order valence-corrected chi connectivity index (χ4v) is 8.12. The normalized spacial score (nSPS) is 20.3. The second kappa shape index (κ2) is 25.0. The number of para-hydroxylation sites is 2. The topological polar surface area (TPSA) is 74.6 Å². The molecule has 2 heterocycles. The number of hydrogen-bond donors (Lipinski definition) is 1. The van der Waals surface area contributed by atoms with Crippen molar-refractivity contribution in [2.45, 2.75) is 75.0 Å². The summed E-state index contributed by atoms with van der Waals surface area (Å²) in [5.41, 5.74) is 3.01. The maximum absolute atomic E-state index is 10.9. The molecule has 2 aliphatic carbocycles. The Morgan fingerprint density at radius 1 is 0.673 bits per heavy atom. The molecular formula is C47H58BN3NaO3. The molecule has 6 nitrogen and oxygen atoms in total. The molecule has 2 aliphatic heterocycles. The van der Waals surface area contributed by atoms with E-state index >= 15 is 0 Å². The zero-order valence-electron chi connectivity index (χ0n) is 33.0. The predicted octanol–water partition coefficient (Wildman–Crippen LogP) is 5.99. The molecule has 4 aromatic carbocycles. The number of aldehydes is 1. The minimum absolute atomic E-state index is 0. The molecule has 4 aliphatic rings. The summed E-state index contributed by atoms with van der Waals surface area (Å²) in [4.78, 5) is 13.6. The van der Waals surface area contributed by atoms with Crippen molar-refractivity contribution in [2.75, 3.05) is 45.9 Å². The summed E-state index contributed by atoms with van der Waals surface area (Å²) in [6.07, 6.45) is 13.6. The minimum Gasteiger partial charge on any atom is -0.512 e. The number of rotatable bonds is 11. The van der Waals surface area contributed by atoms with Crippen LogP contribution in [0.5, 0.6) is 11.5 Å². The summed E-state index contributed by atoms with van der Waals surface area (Å²) < 4.78 is 11.7. The molecule has 4 fully saturated rings. The van der Waals surface area contributed by atoms with Gasteiger partial charge in [-0.1, -0.05) is 110 Å². The molecule has 4 aromatic rings. The Morgan fingerprint density at radius 3 is 1.62 bits per heavy atom. The van der Waals surface area contributed by atoms with Crippen LogP contribution >= 0.6 is 0 Å². The fraction of sp³-hybridized carbons (Fsp3) is 0.447. The second-order valence-electron chi connectivity index (χ2n) is 15.2. The van der Waals surface area contributed by atoms with Crippen LogP contribution in [0.25, 0.3) is 0 Å². The SMILES string of the molecule is O=CC1(c2ccccc2)CCC1.[B].[C-]#N.[Na+].c1ccc(OCC2CCCN(CC3(c4ccccc4)CCC3)C2)cc1.c1ccc(OCC2CCCNC2)cc1. The first-order chi connectivity index (χ1) is 26.2. The Labute approximate surface area is 355 Å². The van der Waals surface area contributed by atoms with E-state index in [1.54, 1.807) is 5.56 Å². The molecule has 2 saturated carbocycles. The molecule has 3 radical (unpaired) electrons. The van der Waals surface area contributed by atoms with Crippen molar-refractivity contribution < 1.29 is 43.8 Å². The Balaban J connectivity index is 0.000000231. The van der Waals surface area contributed by atoms with E-state index in [0.717, 1.165) is 50.4 Å². The van der Waals surface area contributed by atoms with Crippen LogP contribution in [-0.2, 0) is 15.6 Å². The maximum atomic E-state index is 10.9. The van der Waals surface area contributed by atoms with Gasteiger partial charge in [0.2, 0.25) is 0 Å². The third-order valence-corrected chi connectivity index (χ3v) is 11.5. The van der Waals surface area contributed by atoms with Crippen LogP contribution in [0.1, 0.15) is 75.3 Å². The van der Waals surface area contributed by atoms with E-state index in [4.69, 9.17) is 21.3 Å². The van der Waals surface area contributed by atoms with Crippen molar-refractivity contribution in [3.63, 3.8) is 0 Å². The molecular weight excluding hydrogens is 688 g/mol. The van der Waals surface area contributed by atoms with E-state index in [-0.39, 0.29) is 43.4 Å². The molecule has 8 rings (SSSR count). The average molecular weight is 747 g/mol. The van der Waals surface area contributed by atoms with Gasteiger partial charge in [-0.2, -0.15) is 0 Å². The van der Waals surface area contributed by atoms with Crippen molar-refractivity contribution in [3.05, 3.63) is 139 Å². The second-order valence-corrected chi connectivity index (χ2v) is 15.2. The summed E-state index contributed by atoms with van der Waals surface area (Å²) in [5.74, 6) is 3.32. The zero-order chi connectivity index (χ0) is 37.0. The van der Waals surface area contributed by atoms with Gasteiger partial charge in [0.25, 0.3) is 0 Å². The van der Waals surface area contributed by atoms with Gasteiger partial charge in [-0.15, -0.1) is 0 Å². The van der Waals surface area contributed by atoms with Gasteiger partial charge in [-0.25, -0.2) is 0 Å². The Hall–Kier alpha value is -3.38.